The van der Waals surface area contributed by atoms with E-state index in [1.54, 1.807) is 0 Å². The molecule has 0 aromatic heterocycles. The van der Waals surface area contributed by atoms with E-state index in [0.717, 1.165) is 75.1 Å². The van der Waals surface area contributed by atoms with E-state index in [-0.39, 0.29) is 0 Å². The van der Waals surface area contributed by atoms with E-state index in [4.69, 9.17) is 18.9 Å². The fourth-order valence-corrected chi connectivity index (χ4v) is 11.8. The second kappa shape index (κ2) is 19.5. The van der Waals surface area contributed by atoms with Gasteiger partial charge in [0.15, 0.2) is 0 Å². The lowest BCUT2D eigenvalue weighted by Crippen LogP contribution is -2.00. The van der Waals surface area contributed by atoms with Crippen molar-refractivity contribution in [2.24, 2.45) is 0 Å². The van der Waals surface area contributed by atoms with E-state index in [9.17, 15) is 0 Å². The second-order valence-electron chi connectivity index (χ2n) is 19.8. The van der Waals surface area contributed by atoms with E-state index in [1.165, 1.54) is 185 Å². The van der Waals surface area contributed by atoms with Gasteiger partial charge in [0.25, 0.3) is 0 Å². The molecule has 11 aromatic carbocycles. The van der Waals surface area contributed by atoms with Crippen molar-refractivity contribution in [1.29, 1.82) is 0 Å². The quantitative estimate of drug-likeness (QED) is 0.0344. The molecule has 11 rings (SSSR count). The molecule has 0 unspecified atom stereocenters. The highest BCUT2D eigenvalue weighted by molar-refractivity contribution is 6.56. The van der Waals surface area contributed by atoms with Crippen molar-refractivity contribution in [1.82, 2.24) is 0 Å². The predicted molar refractivity (Wildman–Crippen MR) is 294 cm³/mol. The summed E-state index contributed by atoms with van der Waals surface area (Å²) in [6.07, 6.45) is 18.8. The van der Waals surface area contributed by atoms with Crippen molar-refractivity contribution in [2.75, 3.05) is 26.4 Å². The third-order valence-electron chi connectivity index (χ3n) is 15.2. The number of benzene rings is 11. The number of ether oxygens (including phenoxy) is 4. The summed E-state index contributed by atoms with van der Waals surface area (Å²) in [4.78, 5) is 0. The van der Waals surface area contributed by atoms with Gasteiger partial charge < -0.3 is 18.9 Å². The van der Waals surface area contributed by atoms with E-state index >= 15 is 0 Å². The number of unbranched alkanes of at least 4 members (excludes halogenated alkanes) is 12. The van der Waals surface area contributed by atoms with Crippen LogP contribution >= 0.6 is 0 Å². The minimum atomic E-state index is 0.727. The van der Waals surface area contributed by atoms with E-state index in [1.807, 2.05) is 0 Å². The van der Waals surface area contributed by atoms with Crippen molar-refractivity contribution in [3.8, 4) is 23.0 Å². The highest BCUT2D eigenvalue weighted by Gasteiger charge is 2.28. The van der Waals surface area contributed by atoms with Crippen LogP contribution in [0.1, 0.15) is 130 Å². The van der Waals surface area contributed by atoms with Crippen LogP contribution in [-0.4, -0.2) is 26.4 Å². The zero-order valence-electron chi connectivity index (χ0n) is 41.0. The van der Waals surface area contributed by atoms with Gasteiger partial charge in [0, 0.05) is 0 Å². The Bertz CT molecular complexity index is 3070. The molecular weight excluding hydrogens is 833 g/mol. The van der Waals surface area contributed by atoms with Gasteiger partial charge in [-0.2, -0.15) is 0 Å². The van der Waals surface area contributed by atoms with Crippen LogP contribution in [0.5, 0.6) is 23.0 Å². The predicted octanol–water partition coefficient (Wildman–Crippen LogP) is 19.4. The number of fused-ring (bicyclic) bond motifs is 12. The van der Waals surface area contributed by atoms with Crippen LogP contribution in [0.25, 0.3) is 108 Å². The van der Waals surface area contributed by atoms with Crippen LogP contribution < -0.4 is 18.9 Å². The first-order chi connectivity index (χ1) is 33.6. The SMILES string of the molecule is CCCCCCOc1ccc2c(c1)c1c3cc(OCCCCCC)ccc3c3ccc4c5ccc(OCCCCCC)cc5c5c6cc(OCCCCCC)ccc6c6ccc2c2c6c5c4c3c12. The molecule has 0 saturated heterocycles. The average Bonchev–Trinajstić information content (AvgIpc) is 3.37. The molecule has 0 radical (unpaired) electrons. The standard InChI is InChI=1S/C64H68O4/c1-5-9-13-17-33-65-41-21-25-45-49-29-30-51-47-27-23-43(67-35-19-15-11-7-3)39-55(47)58-56-40-44(68-36-20-16-12-8-4)24-28-48(56)52-32-31-50-46-26-22-42(66-34-18-14-10-6-2)38-54(46)57(53(45)37-41)63-59(49)61(51)64(58)62(52)60(50)63/h21-32,37-40H,5-20,33-36H2,1-4H3. The summed E-state index contributed by atoms with van der Waals surface area (Å²) in [5.74, 6) is 3.75. The monoisotopic (exact) mass is 901 g/mol. The Morgan fingerprint density at radius 3 is 0.691 bits per heavy atom. The van der Waals surface area contributed by atoms with Crippen molar-refractivity contribution >= 4 is 108 Å². The smallest absolute Gasteiger partial charge is 0.119 e. The first-order valence-corrected chi connectivity index (χ1v) is 26.6. The lowest BCUT2D eigenvalue weighted by atomic mass is 9.77. The van der Waals surface area contributed by atoms with Gasteiger partial charge in [-0.15, -0.1) is 0 Å². The van der Waals surface area contributed by atoms with E-state index in [2.05, 4.69) is 125 Å². The molecule has 4 heteroatoms. The zero-order chi connectivity index (χ0) is 46.1. The van der Waals surface area contributed by atoms with E-state index < -0.39 is 0 Å². The molecule has 68 heavy (non-hydrogen) atoms. The van der Waals surface area contributed by atoms with Gasteiger partial charge in [0.1, 0.15) is 23.0 Å². The third kappa shape index (κ3) is 7.77. The molecule has 0 N–H and O–H groups in total. The van der Waals surface area contributed by atoms with Gasteiger partial charge in [-0.3, -0.25) is 0 Å². The molecule has 0 heterocycles. The number of hydrogen-bond acceptors (Lipinski definition) is 4. The van der Waals surface area contributed by atoms with Crippen LogP contribution in [-0.2, 0) is 0 Å². The molecule has 0 atom stereocenters. The minimum absolute atomic E-state index is 0.727. The maximum Gasteiger partial charge on any atom is 0.119 e. The Morgan fingerprint density at radius 2 is 0.456 bits per heavy atom. The molecule has 0 bridgehead atoms. The summed E-state index contributed by atoms with van der Waals surface area (Å²) in [5.41, 5.74) is 0. The second-order valence-corrected chi connectivity index (χ2v) is 19.8. The molecule has 0 aliphatic carbocycles. The van der Waals surface area contributed by atoms with Gasteiger partial charge >= 0.3 is 0 Å². The molecule has 11 aromatic rings. The van der Waals surface area contributed by atoms with Crippen molar-refractivity contribution in [3.05, 3.63) is 97.1 Å². The van der Waals surface area contributed by atoms with Crippen molar-refractivity contribution < 1.29 is 18.9 Å². The summed E-state index contributed by atoms with van der Waals surface area (Å²) < 4.78 is 26.4. The highest BCUT2D eigenvalue weighted by Crippen LogP contribution is 2.57. The van der Waals surface area contributed by atoms with Gasteiger partial charge in [0.2, 0.25) is 0 Å². The molecule has 348 valence electrons. The maximum atomic E-state index is 6.60. The first-order valence-electron chi connectivity index (χ1n) is 26.6. The average molecular weight is 901 g/mol. The van der Waals surface area contributed by atoms with Crippen LogP contribution in [0.15, 0.2) is 97.1 Å². The Labute approximate surface area is 401 Å². The van der Waals surface area contributed by atoms with Gasteiger partial charge in [-0.1, -0.05) is 153 Å². The summed E-state index contributed by atoms with van der Waals surface area (Å²) in [7, 11) is 0. The number of rotatable bonds is 24. The largest absolute Gasteiger partial charge is 0.494 e. The molecule has 0 saturated carbocycles. The fraction of sp³-hybridized carbons (Fsp3) is 0.375. The Hall–Kier alpha value is -6.00. The highest BCUT2D eigenvalue weighted by atomic mass is 16.5. The summed E-state index contributed by atoms with van der Waals surface area (Å²) in [6, 6.07) is 37.2. The van der Waals surface area contributed by atoms with Gasteiger partial charge in [-0.05, 0) is 182 Å². The van der Waals surface area contributed by atoms with Crippen molar-refractivity contribution in [3.63, 3.8) is 0 Å². The summed E-state index contributed by atoms with van der Waals surface area (Å²) in [6.45, 7) is 12.0. The summed E-state index contributed by atoms with van der Waals surface area (Å²) in [5, 5.41) is 25.8. The Kier molecular flexibility index (Phi) is 12.8. The van der Waals surface area contributed by atoms with Crippen LogP contribution in [0.4, 0.5) is 0 Å². The van der Waals surface area contributed by atoms with Crippen molar-refractivity contribution in [2.45, 2.75) is 130 Å². The van der Waals surface area contributed by atoms with Crippen LogP contribution in [0.3, 0.4) is 0 Å². The van der Waals surface area contributed by atoms with Crippen LogP contribution in [0, 0.1) is 0 Å². The van der Waals surface area contributed by atoms with E-state index in [0.29, 0.717) is 0 Å². The van der Waals surface area contributed by atoms with Gasteiger partial charge in [-0.25, -0.2) is 0 Å². The number of hydrogen-bond donors (Lipinski definition) is 0. The molecule has 0 fully saturated rings. The third-order valence-corrected chi connectivity index (χ3v) is 15.2. The fourth-order valence-electron chi connectivity index (χ4n) is 11.8. The zero-order valence-corrected chi connectivity index (χ0v) is 41.0. The van der Waals surface area contributed by atoms with Crippen LogP contribution in [0.2, 0.25) is 0 Å². The molecule has 0 aliphatic rings. The molecule has 0 spiro atoms. The Morgan fingerprint density at radius 1 is 0.221 bits per heavy atom. The molecule has 0 aliphatic heterocycles. The lowest BCUT2D eigenvalue weighted by Gasteiger charge is -2.26. The maximum absolute atomic E-state index is 6.60. The first kappa shape index (κ1) is 44.5. The molecular formula is C64H68O4. The lowest BCUT2D eigenvalue weighted by molar-refractivity contribution is 0.305. The minimum Gasteiger partial charge on any atom is -0.494 e. The molecule has 0 amide bonds. The molecule has 4 nitrogen and oxygen atoms in total. The topological polar surface area (TPSA) is 36.9 Å². The Balaban J connectivity index is 1.24. The summed E-state index contributed by atoms with van der Waals surface area (Å²) >= 11 is 0. The normalized spacial score (nSPS) is 12.4. The van der Waals surface area contributed by atoms with Gasteiger partial charge in [0.05, 0.1) is 26.4 Å².